The van der Waals surface area contributed by atoms with Crippen molar-refractivity contribution in [2.24, 2.45) is 11.7 Å². The van der Waals surface area contributed by atoms with Crippen LogP contribution >= 0.6 is 28.3 Å². The zero-order chi connectivity index (χ0) is 10.1. The van der Waals surface area contributed by atoms with Gasteiger partial charge in [-0.05, 0) is 40.8 Å². The first-order chi connectivity index (χ1) is 6.70. The molecule has 0 spiro atoms. The summed E-state index contributed by atoms with van der Waals surface area (Å²) in [6.45, 7) is 0. The van der Waals surface area contributed by atoms with Gasteiger partial charge in [0.25, 0.3) is 0 Å². The van der Waals surface area contributed by atoms with Gasteiger partial charge in [-0.25, -0.2) is 4.39 Å². The average molecular weight is 295 g/mol. The molecule has 1 fully saturated rings. The molecule has 2 N–H and O–H groups in total. The van der Waals surface area contributed by atoms with Gasteiger partial charge in [0.2, 0.25) is 0 Å². The summed E-state index contributed by atoms with van der Waals surface area (Å²) in [5, 5.41) is 0. The van der Waals surface area contributed by atoms with Crippen molar-refractivity contribution in [3.8, 4) is 0 Å². The van der Waals surface area contributed by atoms with Crippen LogP contribution in [0.3, 0.4) is 0 Å². The summed E-state index contributed by atoms with van der Waals surface area (Å²) in [5.74, 6) is 0.269. The standard InChI is InChI=1S/C11H13BrFN.ClH/c12-9-6-2-5-8(10(9)13)11(14)7-3-1-4-7;/h2,5-7,11H,1,3-4,14H2;1H/t11-;/m0./s1. The van der Waals surface area contributed by atoms with E-state index in [-0.39, 0.29) is 24.3 Å². The first kappa shape index (κ1) is 12.9. The molecule has 0 aliphatic heterocycles. The summed E-state index contributed by atoms with van der Waals surface area (Å²) in [6.07, 6.45) is 3.49. The highest BCUT2D eigenvalue weighted by Gasteiger charge is 2.27. The van der Waals surface area contributed by atoms with Gasteiger partial charge in [-0.1, -0.05) is 18.6 Å². The second-order valence-electron chi connectivity index (χ2n) is 3.86. The topological polar surface area (TPSA) is 26.0 Å². The summed E-state index contributed by atoms with van der Waals surface area (Å²) in [6, 6.07) is 5.18. The Morgan fingerprint density at radius 1 is 1.40 bits per heavy atom. The molecule has 1 aliphatic rings. The molecule has 1 aliphatic carbocycles. The number of hydrogen-bond donors (Lipinski definition) is 1. The minimum atomic E-state index is -0.202. The molecule has 0 heterocycles. The molecular weight excluding hydrogens is 280 g/mol. The van der Waals surface area contributed by atoms with Crippen LogP contribution in [-0.4, -0.2) is 0 Å². The molecule has 1 nitrogen and oxygen atoms in total. The van der Waals surface area contributed by atoms with Crippen molar-refractivity contribution in [3.05, 3.63) is 34.1 Å². The molecular formula is C11H14BrClFN. The van der Waals surface area contributed by atoms with Crippen LogP contribution in [0.25, 0.3) is 0 Å². The van der Waals surface area contributed by atoms with Gasteiger partial charge in [0.15, 0.2) is 0 Å². The maximum absolute atomic E-state index is 13.6. The number of halogens is 3. The highest BCUT2D eigenvalue weighted by molar-refractivity contribution is 9.10. The van der Waals surface area contributed by atoms with Gasteiger partial charge >= 0.3 is 0 Å². The van der Waals surface area contributed by atoms with E-state index >= 15 is 0 Å². The van der Waals surface area contributed by atoms with Gasteiger partial charge < -0.3 is 5.73 Å². The third-order valence-electron chi connectivity index (χ3n) is 3.00. The molecule has 1 saturated carbocycles. The minimum Gasteiger partial charge on any atom is -0.324 e. The molecule has 15 heavy (non-hydrogen) atoms. The maximum atomic E-state index is 13.6. The van der Waals surface area contributed by atoms with Crippen LogP contribution in [-0.2, 0) is 0 Å². The zero-order valence-electron chi connectivity index (χ0n) is 8.25. The Labute approximate surface area is 104 Å². The number of benzene rings is 1. The molecule has 0 aromatic heterocycles. The molecule has 1 atom stereocenters. The van der Waals surface area contributed by atoms with Gasteiger partial charge in [-0.2, -0.15) is 0 Å². The summed E-state index contributed by atoms with van der Waals surface area (Å²) < 4.78 is 14.2. The van der Waals surface area contributed by atoms with E-state index in [1.165, 1.54) is 6.42 Å². The van der Waals surface area contributed by atoms with Crippen LogP contribution in [0, 0.1) is 11.7 Å². The predicted molar refractivity (Wildman–Crippen MR) is 65.6 cm³/mol. The first-order valence-corrected chi connectivity index (χ1v) is 5.69. The minimum absolute atomic E-state index is 0. The van der Waals surface area contributed by atoms with E-state index in [0.717, 1.165) is 12.8 Å². The monoisotopic (exact) mass is 293 g/mol. The third-order valence-corrected chi connectivity index (χ3v) is 3.61. The molecule has 0 unspecified atom stereocenters. The van der Waals surface area contributed by atoms with Gasteiger partial charge in [-0.3, -0.25) is 0 Å². The Hall–Kier alpha value is -0.120. The van der Waals surface area contributed by atoms with Crippen LogP contribution in [0.4, 0.5) is 4.39 Å². The molecule has 84 valence electrons. The van der Waals surface area contributed by atoms with Crippen molar-refractivity contribution in [2.75, 3.05) is 0 Å². The summed E-state index contributed by atoms with van der Waals surface area (Å²) in [7, 11) is 0. The Kier molecular flexibility index (Phi) is 4.56. The molecule has 0 bridgehead atoms. The van der Waals surface area contributed by atoms with E-state index in [4.69, 9.17) is 5.73 Å². The lowest BCUT2D eigenvalue weighted by Gasteiger charge is -2.31. The molecule has 0 saturated heterocycles. The summed E-state index contributed by atoms with van der Waals surface area (Å²) in [4.78, 5) is 0. The zero-order valence-corrected chi connectivity index (χ0v) is 10.7. The van der Waals surface area contributed by atoms with Crippen LogP contribution in [0.1, 0.15) is 30.9 Å². The van der Waals surface area contributed by atoms with Crippen LogP contribution < -0.4 is 5.73 Å². The third kappa shape index (κ3) is 2.52. The van der Waals surface area contributed by atoms with E-state index in [9.17, 15) is 4.39 Å². The van der Waals surface area contributed by atoms with E-state index in [1.807, 2.05) is 6.07 Å². The van der Waals surface area contributed by atoms with E-state index < -0.39 is 0 Å². The lowest BCUT2D eigenvalue weighted by molar-refractivity contribution is 0.260. The SMILES string of the molecule is Cl.N[C@H](c1cccc(Br)c1F)C1CCC1. The van der Waals surface area contributed by atoms with Gasteiger partial charge in [0, 0.05) is 11.6 Å². The summed E-state index contributed by atoms with van der Waals surface area (Å²) in [5.41, 5.74) is 6.65. The smallest absolute Gasteiger partial charge is 0.142 e. The van der Waals surface area contributed by atoms with Crippen LogP contribution in [0.5, 0.6) is 0 Å². The second kappa shape index (κ2) is 5.28. The largest absolute Gasteiger partial charge is 0.324 e. The van der Waals surface area contributed by atoms with Gasteiger partial charge in [-0.15, -0.1) is 12.4 Å². The van der Waals surface area contributed by atoms with E-state index in [2.05, 4.69) is 15.9 Å². The molecule has 4 heteroatoms. The lowest BCUT2D eigenvalue weighted by atomic mass is 9.77. The Bertz CT molecular complexity index is 341. The fourth-order valence-corrected chi connectivity index (χ4v) is 2.21. The highest BCUT2D eigenvalue weighted by Crippen LogP contribution is 2.37. The van der Waals surface area contributed by atoms with Gasteiger partial charge in [0.1, 0.15) is 5.82 Å². The summed E-state index contributed by atoms with van der Waals surface area (Å²) >= 11 is 3.17. The van der Waals surface area contributed by atoms with Crippen molar-refractivity contribution in [1.29, 1.82) is 0 Å². The number of nitrogens with two attached hydrogens (primary N) is 1. The fourth-order valence-electron chi connectivity index (χ4n) is 1.83. The average Bonchev–Trinajstić information content (AvgIpc) is 2.06. The van der Waals surface area contributed by atoms with Crippen molar-refractivity contribution in [1.82, 2.24) is 0 Å². The molecule has 1 aromatic carbocycles. The fraction of sp³-hybridized carbons (Fsp3) is 0.455. The maximum Gasteiger partial charge on any atom is 0.142 e. The Morgan fingerprint density at radius 3 is 2.60 bits per heavy atom. The Balaban J connectivity index is 0.00000112. The van der Waals surface area contributed by atoms with E-state index in [1.54, 1.807) is 12.1 Å². The van der Waals surface area contributed by atoms with Crippen molar-refractivity contribution in [3.63, 3.8) is 0 Å². The lowest BCUT2D eigenvalue weighted by Crippen LogP contribution is -2.27. The normalized spacial score (nSPS) is 17.8. The molecule has 1 aromatic rings. The number of rotatable bonds is 2. The molecule has 0 amide bonds. The predicted octanol–water partition coefficient (Wildman–Crippen LogP) is 3.81. The number of hydrogen-bond acceptors (Lipinski definition) is 1. The quantitative estimate of drug-likeness (QED) is 0.882. The first-order valence-electron chi connectivity index (χ1n) is 4.89. The van der Waals surface area contributed by atoms with Crippen LogP contribution in [0.2, 0.25) is 0 Å². The Morgan fingerprint density at radius 2 is 2.07 bits per heavy atom. The van der Waals surface area contributed by atoms with Crippen molar-refractivity contribution < 1.29 is 4.39 Å². The molecule has 0 radical (unpaired) electrons. The second-order valence-corrected chi connectivity index (χ2v) is 4.71. The highest BCUT2D eigenvalue weighted by atomic mass is 79.9. The van der Waals surface area contributed by atoms with Crippen molar-refractivity contribution in [2.45, 2.75) is 25.3 Å². The van der Waals surface area contributed by atoms with Gasteiger partial charge in [0.05, 0.1) is 4.47 Å². The molecule has 2 rings (SSSR count). The van der Waals surface area contributed by atoms with E-state index in [0.29, 0.717) is 16.0 Å². The van der Waals surface area contributed by atoms with Crippen molar-refractivity contribution >= 4 is 28.3 Å². The van der Waals surface area contributed by atoms with Crippen LogP contribution in [0.15, 0.2) is 22.7 Å².